The van der Waals surface area contributed by atoms with E-state index < -0.39 is 0 Å². The van der Waals surface area contributed by atoms with E-state index in [2.05, 4.69) is 43.4 Å². The van der Waals surface area contributed by atoms with Gasteiger partial charge >= 0.3 is 0 Å². The van der Waals surface area contributed by atoms with Gasteiger partial charge in [0, 0.05) is 6.54 Å². The van der Waals surface area contributed by atoms with E-state index >= 15 is 0 Å². The first-order valence-corrected chi connectivity index (χ1v) is 9.31. The Morgan fingerprint density at radius 3 is 2.46 bits per heavy atom. The predicted octanol–water partition coefficient (Wildman–Crippen LogP) is 2.96. The number of carbonyl (C=O) groups is 1. The Bertz CT molecular complexity index is 551. The maximum atomic E-state index is 12.6. The van der Waals surface area contributed by atoms with Gasteiger partial charge in [0.05, 0.1) is 12.1 Å². The molecule has 1 aromatic carbocycles. The largest absolute Gasteiger partial charge is 0.364 e. The predicted molar refractivity (Wildman–Crippen MR) is 95.5 cm³/mol. The molecule has 1 saturated heterocycles. The first kappa shape index (κ1) is 17.4. The Morgan fingerprint density at radius 2 is 1.92 bits per heavy atom. The standard InChI is InChI=1S/C20H30N2O2/c1-13(2)11-14-3-5-15(6-4-14)19(16-7-8-16)22-20(23)18-10-9-17(12-21)24-18/h3-6,13,16-19H,7-12,21H2,1-2H3,(H,22,23)/t17-,18+,19?/m1/s1. The van der Waals surface area contributed by atoms with Crippen molar-refractivity contribution < 1.29 is 9.53 Å². The Kier molecular flexibility index (Phi) is 5.57. The highest BCUT2D eigenvalue weighted by atomic mass is 16.5. The molecule has 3 N–H and O–H groups in total. The molecule has 24 heavy (non-hydrogen) atoms. The zero-order valence-corrected chi connectivity index (χ0v) is 14.8. The van der Waals surface area contributed by atoms with Crippen LogP contribution < -0.4 is 11.1 Å². The van der Waals surface area contributed by atoms with Crippen LogP contribution in [0.2, 0.25) is 0 Å². The molecule has 4 heteroatoms. The average molecular weight is 330 g/mol. The minimum atomic E-state index is -0.333. The Balaban J connectivity index is 1.63. The van der Waals surface area contributed by atoms with Crippen LogP contribution >= 0.6 is 0 Å². The molecule has 3 atom stereocenters. The zero-order valence-electron chi connectivity index (χ0n) is 14.8. The van der Waals surface area contributed by atoms with Gasteiger partial charge in [0.25, 0.3) is 0 Å². The molecule has 0 radical (unpaired) electrons. The summed E-state index contributed by atoms with van der Waals surface area (Å²) in [4.78, 5) is 12.6. The van der Waals surface area contributed by atoms with Gasteiger partial charge in [0.1, 0.15) is 6.10 Å². The van der Waals surface area contributed by atoms with Crippen LogP contribution in [0.5, 0.6) is 0 Å². The van der Waals surface area contributed by atoms with Gasteiger partial charge in [0.15, 0.2) is 0 Å². The van der Waals surface area contributed by atoms with Crippen LogP contribution in [0.25, 0.3) is 0 Å². The van der Waals surface area contributed by atoms with Crippen LogP contribution in [0.4, 0.5) is 0 Å². The second-order valence-electron chi connectivity index (χ2n) is 7.72. The highest BCUT2D eigenvalue weighted by Gasteiger charge is 2.36. The van der Waals surface area contributed by atoms with E-state index in [0.717, 1.165) is 19.3 Å². The molecule has 0 bridgehead atoms. The van der Waals surface area contributed by atoms with Crippen molar-refractivity contribution in [2.24, 2.45) is 17.6 Å². The van der Waals surface area contributed by atoms with Crippen LogP contribution in [-0.4, -0.2) is 24.7 Å². The lowest BCUT2D eigenvalue weighted by molar-refractivity contribution is -0.132. The molecule has 2 fully saturated rings. The van der Waals surface area contributed by atoms with Gasteiger partial charge in [-0.05, 0) is 55.1 Å². The third-order valence-corrected chi connectivity index (χ3v) is 5.04. The van der Waals surface area contributed by atoms with Crippen molar-refractivity contribution in [2.75, 3.05) is 6.54 Å². The summed E-state index contributed by atoms with van der Waals surface area (Å²) in [6.45, 7) is 4.96. The molecule has 1 aliphatic carbocycles. The summed E-state index contributed by atoms with van der Waals surface area (Å²) in [5.74, 6) is 1.25. The molecule has 1 saturated carbocycles. The molecule has 132 valence electrons. The number of hydrogen-bond acceptors (Lipinski definition) is 3. The van der Waals surface area contributed by atoms with Crippen LogP contribution in [-0.2, 0) is 16.0 Å². The number of nitrogens with two attached hydrogens (primary N) is 1. The second kappa shape index (κ2) is 7.66. The molecule has 1 unspecified atom stereocenters. The Hall–Kier alpha value is -1.39. The normalized spacial score (nSPS) is 25.0. The molecule has 1 aromatic rings. The van der Waals surface area contributed by atoms with Gasteiger partial charge in [-0.2, -0.15) is 0 Å². The lowest BCUT2D eigenvalue weighted by Crippen LogP contribution is -2.38. The first-order valence-electron chi connectivity index (χ1n) is 9.31. The van der Waals surface area contributed by atoms with E-state index in [1.54, 1.807) is 0 Å². The van der Waals surface area contributed by atoms with E-state index in [1.165, 1.54) is 24.0 Å². The van der Waals surface area contributed by atoms with Gasteiger partial charge in [-0.1, -0.05) is 38.1 Å². The highest BCUT2D eigenvalue weighted by molar-refractivity contribution is 5.81. The molecule has 1 heterocycles. The van der Waals surface area contributed by atoms with Crippen molar-refractivity contribution in [1.82, 2.24) is 5.32 Å². The number of nitrogens with one attached hydrogen (secondary N) is 1. The lowest BCUT2D eigenvalue weighted by Gasteiger charge is -2.22. The molecule has 0 spiro atoms. The quantitative estimate of drug-likeness (QED) is 0.808. The Labute approximate surface area is 145 Å². The van der Waals surface area contributed by atoms with E-state index in [0.29, 0.717) is 18.4 Å². The van der Waals surface area contributed by atoms with E-state index in [-0.39, 0.29) is 24.2 Å². The van der Waals surface area contributed by atoms with Gasteiger partial charge in [-0.3, -0.25) is 4.79 Å². The van der Waals surface area contributed by atoms with Crippen molar-refractivity contribution in [3.8, 4) is 0 Å². The summed E-state index contributed by atoms with van der Waals surface area (Å²) < 4.78 is 5.74. The minimum absolute atomic E-state index is 0.0223. The fourth-order valence-electron chi connectivity index (χ4n) is 3.55. The zero-order chi connectivity index (χ0) is 17.1. The van der Waals surface area contributed by atoms with E-state index in [4.69, 9.17) is 10.5 Å². The summed E-state index contributed by atoms with van der Waals surface area (Å²) in [6, 6.07) is 8.88. The molecule has 4 nitrogen and oxygen atoms in total. The third-order valence-electron chi connectivity index (χ3n) is 5.04. The number of carbonyl (C=O) groups excluding carboxylic acids is 1. The summed E-state index contributed by atoms with van der Waals surface area (Å²) >= 11 is 0. The van der Waals surface area contributed by atoms with Crippen LogP contribution in [0.1, 0.15) is 56.7 Å². The Morgan fingerprint density at radius 1 is 1.21 bits per heavy atom. The number of rotatable bonds is 7. The molecule has 1 amide bonds. The van der Waals surface area contributed by atoms with Crippen molar-refractivity contribution >= 4 is 5.91 Å². The average Bonchev–Trinajstić information content (AvgIpc) is 3.29. The van der Waals surface area contributed by atoms with Gasteiger partial charge in [0.2, 0.25) is 5.91 Å². The van der Waals surface area contributed by atoms with Gasteiger partial charge < -0.3 is 15.8 Å². The number of benzene rings is 1. The molecule has 2 aliphatic rings. The van der Waals surface area contributed by atoms with Crippen molar-refractivity contribution in [1.29, 1.82) is 0 Å². The summed E-state index contributed by atoms with van der Waals surface area (Å²) in [6.07, 6.45) is 4.84. The van der Waals surface area contributed by atoms with Crippen LogP contribution in [0.15, 0.2) is 24.3 Å². The van der Waals surface area contributed by atoms with Crippen molar-refractivity contribution in [2.45, 2.75) is 64.2 Å². The maximum Gasteiger partial charge on any atom is 0.249 e. The summed E-state index contributed by atoms with van der Waals surface area (Å²) in [7, 11) is 0. The second-order valence-corrected chi connectivity index (χ2v) is 7.72. The number of ether oxygens (including phenoxy) is 1. The fraction of sp³-hybridized carbons (Fsp3) is 0.650. The first-order chi connectivity index (χ1) is 11.6. The molecular formula is C20H30N2O2. The number of amides is 1. The lowest BCUT2D eigenvalue weighted by atomic mass is 9.97. The SMILES string of the molecule is CC(C)Cc1ccc(C(NC(=O)[C@@H]2CC[C@H](CN)O2)C2CC2)cc1. The molecular weight excluding hydrogens is 300 g/mol. The van der Waals surface area contributed by atoms with Gasteiger partial charge in [-0.15, -0.1) is 0 Å². The van der Waals surface area contributed by atoms with Gasteiger partial charge in [-0.25, -0.2) is 0 Å². The molecule has 0 aromatic heterocycles. The van der Waals surface area contributed by atoms with Crippen LogP contribution in [0.3, 0.4) is 0 Å². The van der Waals surface area contributed by atoms with Crippen LogP contribution in [0, 0.1) is 11.8 Å². The minimum Gasteiger partial charge on any atom is -0.364 e. The van der Waals surface area contributed by atoms with E-state index in [1.807, 2.05) is 0 Å². The molecule has 3 rings (SSSR count). The highest BCUT2D eigenvalue weighted by Crippen LogP contribution is 2.41. The summed E-state index contributed by atoms with van der Waals surface area (Å²) in [5.41, 5.74) is 8.21. The van der Waals surface area contributed by atoms with Crippen molar-refractivity contribution in [3.05, 3.63) is 35.4 Å². The summed E-state index contributed by atoms with van der Waals surface area (Å²) in [5, 5.41) is 3.24. The monoisotopic (exact) mass is 330 g/mol. The molecule has 1 aliphatic heterocycles. The number of hydrogen-bond donors (Lipinski definition) is 2. The van der Waals surface area contributed by atoms with E-state index in [9.17, 15) is 4.79 Å². The maximum absolute atomic E-state index is 12.6. The smallest absolute Gasteiger partial charge is 0.249 e. The fourth-order valence-corrected chi connectivity index (χ4v) is 3.55. The topological polar surface area (TPSA) is 64.4 Å². The third kappa shape index (κ3) is 4.37. The van der Waals surface area contributed by atoms with Crippen molar-refractivity contribution in [3.63, 3.8) is 0 Å².